The summed E-state index contributed by atoms with van der Waals surface area (Å²) in [6.45, 7) is 1.53. The van der Waals surface area contributed by atoms with Crippen molar-refractivity contribution in [1.82, 2.24) is 9.97 Å². The lowest BCUT2D eigenvalue weighted by Gasteiger charge is -2.05. The van der Waals surface area contributed by atoms with E-state index in [2.05, 4.69) is 9.97 Å². The molecule has 0 aliphatic rings. The third-order valence-corrected chi connectivity index (χ3v) is 6.95. The van der Waals surface area contributed by atoms with E-state index < -0.39 is 5.97 Å². The summed E-state index contributed by atoms with van der Waals surface area (Å²) in [7, 11) is 5.82. The summed E-state index contributed by atoms with van der Waals surface area (Å²) in [6, 6.07) is 20.3. The van der Waals surface area contributed by atoms with Crippen molar-refractivity contribution in [3.8, 4) is 11.5 Å². The second-order valence-electron chi connectivity index (χ2n) is 9.27. The summed E-state index contributed by atoms with van der Waals surface area (Å²) in [6.07, 6.45) is 0. The molecule has 0 radical (unpaired) electrons. The number of ketones is 1. The summed E-state index contributed by atoms with van der Waals surface area (Å²) < 4.78 is 20.3. The Morgan fingerprint density at radius 2 is 1.12 bits per heavy atom. The number of rotatable bonds is 5. The number of aromatic amines is 2. The van der Waals surface area contributed by atoms with Crippen molar-refractivity contribution in [3.05, 3.63) is 83.4 Å². The zero-order valence-corrected chi connectivity index (χ0v) is 23.2. The Balaban J connectivity index is 0.000000166. The first-order valence-electron chi connectivity index (χ1n) is 12.7. The number of carbonyl (C=O) groups is 3. The standard InChI is InChI=1S/C17H15NO4.C15H13NO3/c1-9(19)11-5-4-6-12-13-7-10(17(20)22-3)8-14(21-2)16(13)18-15(11)12;1-18-13-8-9(15(17)19-2)7-11-10-5-3-4-6-12(10)16-14(11)13/h4-8,18H,1-3H3;3-8,16H,1-2H3. The highest BCUT2D eigenvalue weighted by atomic mass is 16.5. The number of ether oxygens (including phenoxy) is 4. The van der Waals surface area contributed by atoms with Crippen molar-refractivity contribution >= 4 is 61.3 Å². The van der Waals surface area contributed by atoms with Gasteiger partial charge in [0.1, 0.15) is 11.5 Å². The first-order chi connectivity index (χ1) is 19.8. The van der Waals surface area contributed by atoms with Crippen LogP contribution >= 0.6 is 0 Å². The Morgan fingerprint density at radius 3 is 1.68 bits per heavy atom. The maximum atomic E-state index is 11.8. The Hall–Kier alpha value is -5.31. The van der Waals surface area contributed by atoms with Crippen molar-refractivity contribution in [2.75, 3.05) is 28.4 Å². The molecular formula is C32H28N2O7. The molecular weight excluding hydrogens is 524 g/mol. The molecule has 2 heterocycles. The van der Waals surface area contributed by atoms with Crippen LogP contribution in [-0.2, 0) is 9.47 Å². The predicted molar refractivity (Wildman–Crippen MR) is 157 cm³/mol. The zero-order valence-electron chi connectivity index (χ0n) is 23.2. The molecule has 6 aromatic rings. The van der Waals surface area contributed by atoms with E-state index in [-0.39, 0.29) is 11.8 Å². The highest BCUT2D eigenvalue weighted by Gasteiger charge is 2.17. The van der Waals surface area contributed by atoms with Crippen LogP contribution in [0, 0.1) is 0 Å². The third kappa shape index (κ3) is 4.82. The van der Waals surface area contributed by atoms with Crippen molar-refractivity contribution in [1.29, 1.82) is 0 Å². The second-order valence-corrected chi connectivity index (χ2v) is 9.27. The number of Topliss-reactive ketones (excluding diaryl/α,β-unsaturated/α-hetero) is 1. The van der Waals surface area contributed by atoms with Gasteiger partial charge in [0.05, 0.1) is 56.1 Å². The molecule has 0 saturated carbocycles. The highest BCUT2D eigenvalue weighted by molar-refractivity contribution is 6.17. The zero-order chi connectivity index (χ0) is 29.3. The topological polar surface area (TPSA) is 120 Å². The lowest BCUT2D eigenvalue weighted by molar-refractivity contribution is 0.0592. The van der Waals surface area contributed by atoms with Gasteiger partial charge in [-0.3, -0.25) is 4.79 Å². The SMILES string of the molecule is COC(=O)c1cc(OC)c2[nH]c3c(C(C)=O)cccc3c2c1.COC(=O)c1cc(OC)c2[nH]c3ccccc3c2c1. The summed E-state index contributed by atoms with van der Waals surface area (Å²) in [4.78, 5) is 41.8. The summed E-state index contributed by atoms with van der Waals surface area (Å²) in [5.74, 6) is 0.338. The van der Waals surface area contributed by atoms with E-state index in [1.165, 1.54) is 28.3 Å². The van der Waals surface area contributed by atoms with Gasteiger partial charge in [0.2, 0.25) is 0 Å². The molecule has 4 aromatic carbocycles. The molecule has 0 aliphatic carbocycles. The molecule has 2 aromatic heterocycles. The van der Waals surface area contributed by atoms with Crippen molar-refractivity contribution < 1.29 is 33.3 Å². The van der Waals surface area contributed by atoms with E-state index in [1.54, 1.807) is 31.4 Å². The Morgan fingerprint density at radius 1 is 0.585 bits per heavy atom. The number of carbonyl (C=O) groups excluding carboxylic acids is 3. The van der Waals surface area contributed by atoms with Gasteiger partial charge in [-0.15, -0.1) is 0 Å². The van der Waals surface area contributed by atoms with E-state index in [0.29, 0.717) is 28.2 Å². The number of hydrogen-bond donors (Lipinski definition) is 2. The van der Waals surface area contributed by atoms with Crippen LogP contribution < -0.4 is 9.47 Å². The molecule has 0 atom stereocenters. The molecule has 0 bridgehead atoms. The Bertz CT molecular complexity index is 1970. The van der Waals surface area contributed by atoms with E-state index in [4.69, 9.17) is 18.9 Å². The first kappa shape index (κ1) is 27.3. The normalized spacial score (nSPS) is 10.9. The van der Waals surface area contributed by atoms with Crippen molar-refractivity contribution in [2.24, 2.45) is 0 Å². The maximum Gasteiger partial charge on any atom is 0.338 e. The number of H-pyrrole nitrogens is 2. The van der Waals surface area contributed by atoms with E-state index in [1.807, 2.05) is 42.5 Å². The van der Waals surface area contributed by atoms with Gasteiger partial charge in [0, 0.05) is 32.6 Å². The van der Waals surface area contributed by atoms with Gasteiger partial charge < -0.3 is 28.9 Å². The second kappa shape index (κ2) is 11.1. The van der Waals surface area contributed by atoms with Crippen LogP contribution in [0.1, 0.15) is 38.0 Å². The number of benzene rings is 4. The number of aromatic nitrogens is 2. The number of hydrogen-bond acceptors (Lipinski definition) is 7. The van der Waals surface area contributed by atoms with Gasteiger partial charge in [-0.1, -0.05) is 30.3 Å². The molecule has 41 heavy (non-hydrogen) atoms. The molecule has 0 spiro atoms. The number of para-hydroxylation sites is 2. The smallest absolute Gasteiger partial charge is 0.338 e. The molecule has 0 unspecified atom stereocenters. The fourth-order valence-electron chi connectivity index (χ4n) is 5.00. The van der Waals surface area contributed by atoms with Crippen molar-refractivity contribution in [3.63, 3.8) is 0 Å². The number of esters is 2. The molecule has 9 nitrogen and oxygen atoms in total. The molecule has 0 aliphatic heterocycles. The van der Waals surface area contributed by atoms with E-state index in [0.717, 1.165) is 43.6 Å². The molecule has 2 N–H and O–H groups in total. The van der Waals surface area contributed by atoms with Crippen LogP contribution in [0.2, 0.25) is 0 Å². The number of fused-ring (bicyclic) bond motifs is 6. The first-order valence-corrected chi connectivity index (χ1v) is 12.7. The minimum atomic E-state index is -0.433. The minimum absolute atomic E-state index is 0.0238. The fourth-order valence-corrected chi connectivity index (χ4v) is 5.00. The third-order valence-electron chi connectivity index (χ3n) is 6.95. The van der Waals surface area contributed by atoms with Gasteiger partial charge in [0.25, 0.3) is 0 Å². The predicted octanol–water partition coefficient (Wildman–Crippen LogP) is 6.44. The highest BCUT2D eigenvalue weighted by Crippen LogP contribution is 2.35. The Labute approximate surface area is 234 Å². The Kier molecular flexibility index (Phi) is 7.35. The summed E-state index contributed by atoms with van der Waals surface area (Å²) >= 11 is 0. The van der Waals surface area contributed by atoms with E-state index in [9.17, 15) is 14.4 Å². The average Bonchev–Trinajstić information content (AvgIpc) is 3.58. The quantitative estimate of drug-likeness (QED) is 0.187. The van der Waals surface area contributed by atoms with Gasteiger partial charge in [-0.25, -0.2) is 9.59 Å². The lowest BCUT2D eigenvalue weighted by Crippen LogP contribution is -2.01. The number of nitrogens with one attached hydrogen (secondary N) is 2. The van der Waals surface area contributed by atoms with Crippen LogP contribution in [0.4, 0.5) is 0 Å². The summed E-state index contributed by atoms with van der Waals surface area (Å²) in [5, 5.41) is 3.70. The van der Waals surface area contributed by atoms with Gasteiger partial charge in [0.15, 0.2) is 5.78 Å². The largest absolute Gasteiger partial charge is 0.495 e. The van der Waals surface area contributed by atoms with Crippen LogP contribution in [0.3, 0.4) is 0 Å². The summed E-state index contributed by atoms with van der Waals surface area (Å²) in [5.41, 5.74) is 4.88. The van der Waals surface area contributed by atoms with Gasteiger partial charge in [-0.2, -0.15) is 0 Å². The van der Waals surface area contributed by atoms with Gasteiger partial charge >= 0.3 is 11.9 Å². The van der Waals surface area contributed by atoms with Gasteiger partial charge in [-0.05, 0) is 43.3 Å². The van der Waals surface area contributed by atoms with Crippen LogP contribution in [0.15, 0.2) is 66.7 Å². The molecule has 0 fully saturated rings. The van der Waals surface area contributed by atoms with E-state index >= 15 is 0 Å². The fraction of sp³-hybridized carbons (Fsp3) is 0.156. The molecule has 9 heteroatoms. The lowest BCUT2D eigenvalue weighted by atomic mass is 10.0. The average molecular weight is 553 g/mol. The van der Waals surface area contributed by atoms with Crippen LogP contribution in [0.5, 0.6) is 11.5 Å². The maximum absolute atomic E-state index is 11.8. The van der Waals surface area contributed by atoms with Crippen LogP contribution in [-0.4, -0.2) is 56.1 Å². The molecule has 0 saturated heterocycles. The molecule has 0 amide bonds. The van der Waals surface area contributed by atoms with Crippen molar-refractivity contribution in [2.45, 2.75) is 6.92 Å². The minimum Gasteiger partial charge on any atom is -0.495 e. The molecule has 208 valence electrons. The number of methoxy groups -OCH3 is 4. The monoisotopic (exact) mass is 552 g/mol. The molecule has 6 rings (SSSR count). The van der Waals surface area contributed by atoms with Crippen LogP contribution in [0.25, 0.3) is 43.6 Å².